The number of nitrogens with one attached hydrogen (secondary N) is 1. The second-order valence-electron chi connectivity index (χ2n) is 6.65. The van der Waals surface area contributed by atoms with Gasteiger partial charge in [0, 0.05) is 29.9 Å². The van der Waals surface area contributed by atoms with Crippen molar-refractivity contribution in [1.82, 2.24) is 15.0 Å². The number of pyridine rings is 1. The van der Waals surface area contributed by atoms with E-state index < -0.39 is 0 Å². The summed E-state index contributed by atoms with van der Waals surface area (Å²) in [5, 5.41) is 14.8. The van der Waals surface area contributed by atoms with Crippen LogP contribution >= 0.6 is 0 Å². The SMILES string of the molecule is OC(CNc1nc(-c2cccnc2)nc2ccccc12)C1CCCC1. The average Bonchev–Trinajstić information content (AvgIpc) is 3.21. The van der Waals surface area contributed by atoms with E-state index in [0.717, 1.165) is 35.1 Å². The second-order valence-corrected chi connectivity index (χ2v) is 6.65. The number of aliphatic hydroxyl groups excluding tert-OH is 1. The van der Waals surface area contributed by atoms with E-state index in [9.17, 15) is 5.11 Å². The van der Waals surface area contributed by atoms with Crippen LogP contribution in [-0.2, 0) is 0 Å². The zero-order chi connectivity index (χ0) is 17.1. The molecule has 0 radical (unpaired) electrons. The molecule has 2 heterocycles. The third-order valence-corrected chi connectivity index (χ3v) is 4.95. The molecule has 1 aliphatic carbocycles. The fourth-order valence-corrected chi connectivity index (χ4v) is 3.55. The Balaban J connectivity index is 1.64. The minimum absolute atomic E-state index is 0.335. The van der Waals surface area contributed by atoms with E-state index in [4.69, 9.17) is 4.98 Å². The largest absolute Gasteiger partial charge is 0.391 e. The van der Waals surface area contributed by atoms with Gasteiger partial charge in [0.15, 0.2) is 5.82 Å². The number of rotatable bonds is 5. The number of para-hydroxylation sites is 1. The Morgan fingerprint density at radius 1 is 1.08 bits per heavy atom. The first kappa shape index (κ1) is 16.0. The van der Waals surface area contributed by atoms with E-state index >= 15 is 0 Å². The lowest BCUT2D eigenvalue weighted by Crippen LogP contribution is -2.27. The molecule has 0 aliphatic heterocycles. The summed E-state index contributed by atoms with van der Waals surface area (Å²) in [5.74, 6) is 1.81. The first-order valence-electron chi connectivity index (χ1n) is 8.90. The molecule has 1 aromatic carbocycles. The van der Waals surface area contributed by atoms with Crippen molar-refractivity contribution in [3.8, 4) is 11.4 Å². The molecule has 1 unspecified atom stereocenters. The van der Waals surface area contributed by atoms with Crippen molar-refractivity contribution in [3.05, 3.63) is 48.8 Å². The van der Waals surface area contributed by atoms with Gasteiger partial charge in [-0.2, -0.15) is 0 Å². The number of hydrogen-bond donors (Lipinski definition) is 2. The first-order valence-corrected chi connectivity index (χ1v) is 8.90. The highest BCUT2D eigenvalue weighted by atomic mass is 16.3. The maximum atomic E-state index is 10.5. The molecule has 1 aliphatic rings. The summed E-state index contributed by atoms with van der Waals surface area (Å²) in [7, 11) is 0. The summed E-state index contributed by atoms with van der Waals surface area (Å²) in [6, 6.07) is 11.8. The lowest BCUT2D eigenvalue weighted by Gasteiger charge is -2.19. The predicted molar refractivity (Wildman–Crippen MR) is 99.2 cm³/mol. The molecule has 1 saturated carbocycles. The normalized spacial score (nSPS) is 16.2. The van der Waals surface area contributed by atoms with E-state index in [2.05, 4.69) is 15.3 Å². The quantitative estimate of drug-likeness (QED) is 0.745. The van der Waals surface area contributed by atoms with Gasteiger partial charge >= 0.3 is 0 Å². The van der Waals surface area contributed by atoms with Gasteiger partial charge in [0.1, 0.15) is 5.82 Å². The molecule has 1 fully saturated rings. The highest BCUT2D eigenvalue weighted by Gasteiger charge is 2.23. The highest BCUT2D eigenvalue weighted by molar-refractivity contribution is 5.90. The van der Waals surface area contributed by atoms with Crippen LogP contribution in [0.5, 0.6) is 0 Å². The van der Waals surface area contributed by atoms with Crippen molar-refractivity contribution in [1.29, 1.82) is 0 Å². The van der Waals surface area contributed by atoms with Crippen molar-refractivity contribution < 1.29 is 5.11 Å². The molecule has 5 heteroatoms. The highest BCUT2D eigenvalue weighted by Crippen LogP contribution is 2.29. The fourth-order valence-electron chi connectivity index (χ4n) is 3.55. The summed E-state index contributed by atoms with van der Waals surface area (Å²) in [6.07, 6.45) is 7.86. The summed E-state index contributed by atoms with van der Waals surface area (Å²) < 4.78 is 0. The van der Waals surface area contributed by atoms with E-state index in [0.29, 0.717) is 18.3 Å². The van der Waals surface area contributed by atoms with Crippen molar-refractivity contribution in [3.63, 3.8) is 0 Å². The van der Waals surface area contributed by atoms with Crippen molar-refractivity contribution in [2.75, 3.05) is 11.9 Å². The average molecular weight is 334 g/mol. The minimum atomic E-state index is -0.335. The molecular weight excluding hydrogens is 312 g/mol. The number of fused-ring (bicyclic) bond motifs is 1. The van der Waals surface area contributed by atoms with Crippen molar-refractivity contribution >= 4 is 16.7 Å². The molecule has 25 heavy (non-hydrogen) atoms. The minimum Gasteiger partial charge on any atom is -0.391 e. The molecule has 2 aromatic heterocycles. The van der Waals surface area contributed by atoms with Gasteiger partial charge in [0.05, 0.1) is 11.6 Å². The standard InChI is InChI=1S/C20H22N4O/c25-18(14-6-1-2-7-14)13-22-20-16-9-3-4-10-17(16)23-19(24-20)15-8-5-11-21-12-15/h3-5,8-12,14,18,25H,1-2,6-7,13H2,(H,22,23,24). The molecule has 5 nitrogen and oxygen atoms in total. The molecule has 2 N–H and O–H groups in total. The van der Waals surface area contributed by atoms with Crippen molar-refractivity contribution in [2.24, 2.45) is 5.92 Å². The number of aliphatic hydroxyl groups is 1. The van der Waals surface area contributed by atoms with Gasteiger partial charge in [0.25, 0.3) is 0 Å². The third-order valence-electron chi connectivity index (χ3n) is 4.95. The third kappa shape index (κ3) is 3.46. The van der Waals surface area contributed by atoms with Gasteiger partial charge in [0.2, 0.25) is 0 Å². The van der Waals surface area contributed by atoms with Gasteiger partial charge in [-0.25, -0.2) is 9.97 Å². The number of benzene rings is 1. The van der Waals surface area contributed by atoms with Crippen LogP contribution in [0.25, 0.3) is 22.3 Å². The fraction of sp³-hybridized carbons (Fsp3) is 0.350. The Morgan fingerprint density at radius 3 is 2.72 bits per heavy atom. The number of anilines is 1. The zero-order valence-corrected chi connectivity index (χ0v) is 14.1. The van der Waals surface area contributed by atoms with E-state index in [1.165, 1.54) is 12.8 Å². The lowest BCUT2D eigenvalue weighted by atomic mass is 10.0. The van der Waals surface area contributed by atoms with Gasteiger partial charge in [-0.15, -0.1) is 0 Å². The van der Waals surface area contributed by atoms with Crippen LogP contribution in [0.2, 0.25) is 0 Å². The number of nitrogens with zero attached hydrogens (tertiary/aromatic N) is 3. The number of hydrogen-bond acceptors (Lipinski definition) is 5. The van der Waals surface area contributed by atoms with Gasteiger partial charge in [-0.1, -0.05) is 25.0 Å². The van der Waals surface area contributed by atoms with Crippen molar-refractivity contribution in [2.45, 2.75) is 31.8 Å². The summed E-state index contributed by atoms with van der Waals surface area (Å²) in [6.45, 7) is 0.512. The van der Waals surface area contributed by atoms with Crippen LogP contribution in [0, 0.1) is 5.92 Å². The van der Waals surface area contributed by atoms with Crippen LogP contribution in [-0.4, -0.2) is 32.7 Å². The molecule has 128 valence electrons. The summed E-state index contributed by atoms with van der Waals surface area (Å²) in [4.78, 5) is 13.5. The second kappa shape index (κ2) is 7.15. The maximum absolute atomic E-state index is 10.5. The van der Waals surface area contributed by atoms with Crippen LogP contribution in [0.3, 0.4) is 0 Å². The summed E-state index contributed by atoms with van der Waals surface area (Å²) in [5.41, 5.74) is 1.77. The molecule has 3 aromatic rings. The molecule has 4 rings (SSSR count). The Labute approximate surface area is 147 Å². The van der Waals surface area contributed by atoms with E-state index in [-0.39, 0.29) is 6.10 Å². The monoisotopic (exact) mass is 334 g/mol. The topological polar surface area (TPSA) is 70.9 Å². The van der Waals surface area contributed by atoms with E-state index in [1.807, 2.05) is 36.4 Å². The first-order chi connectivity index (χ1) is 12.3. The van der Waals surface area contributed by atoms with Gasteiger partial charge in [-0.3, -0.25) is 4.98 Å². The lowest BCUT2D eigenvalue weighted by molar-refractivity contribution is 0.123. The number of aromatic nitrogens is 3. The van der Waals surface area contributed by atoms with Gasteiger partial charge in [-0.05, 0) is 43.0 Å². The summed E-state index contributed by atoms with van der Waals surface area (Å²) >= 11 is 0. The Morgan fingerprint density at radius 2 is 1.92 bits per heavy atom. The molecule has 0 bridgehead atoms. The molecular formula is C20H22N4O. The predicted octanol–water partition coefficient (Wildman–Crippen LogP) is 3.65. The molecule has 0 saturated heterocycles. The van der Waals surface area contributed by atoms with Gasteiger partial charge < -0.3 is 10.4 Å². The van der Waals surface area contributed by atoms with Crippen LogP contribution in [0.15, 0.2) is 48.8 Å². The Hall–Kier alpha value is -2.53. The Kier molecular flexibility index (Phi) is 4.57. The smallest absolute Gasteiger partial charge is 0.163 e. The zero-order valence-electron chi connectivity index (χ0n) is 14.1. The Bertz CT molecular complexity index is 847. The van der Waals surface area contributed by atoms with E-state index in [1.54, 1.807) is 12.4 Å². The molecule has 0 amide bonds. The van der Waals surface area contributed by atoms with Crippen LogP contribution < -0.4 is 5.32 Å². The molecule has 1 atom stereocenters. The maximum Gasteiger partial charge on any atom is 0.163 e. The molecule has 0 spiro atoms. The van der Waals surface area contributed by atoms with Crippen LogP contribution in [0.4, 0.5) is 5.82 Å². The van der Waals surface area contributed by atoms with Crippen LogP contribution in [0.1, 0.15) is 25.7 Å².